The second kappa shape index (κ2) is 6.31. The molecular weight excluding hydrogens is 228 g/mol. The first kappa shape index (κ1) is 15.5. The van der Waals surface area contributed by atoms with Crippen molar-refractivity contribution in [3.05, 3.63) is 0 Å². The zero-order valence-electron chi connectivity index (χ0n) is 9.90. The van der Waals surface area contributed by atoms with Crippen LogP contribution in [0.1, 0.15) is 20.3 Å². The SMILES string of the molecule is CC(C)(CO)C(O)C(=O)NCCC(=O)C(N)=O. The van der Waals surface area contributed by atoms with Gasteiger partial charge in [-0.2, -0.15) is 0 Å². The highest BCUT2D eigenvalue weighted by Crippen LogP contribution is 2.19. The number of carbonyl (C=O) groups excluding carboxylic acids is 3. The van der Waals surface area contributed by atoms with Crippen LogP contribution in [0.4, 0.5) is 0 Å². The van der Waals surface area contributed by atoms with Gasteiger partial charge in [0.2, 0.25) is 11.7 Å². The molecule has 0 saturated carbocycles. The molecule has 7 heteroatoms. The van der Waals surface area contributed by atoms with E-state index in [-0.39, 0.29) is 19.6 Å². The smallest absolute Gasteiger partial charge is 0.284 e. The van der Waals surface area contributed by atoms with E-state index in [4.69, 9.17) is 10.8 Å². The molecule has 0 aromatic carbocycles. The lowest BCUT2D eigenvalue weighted by Crippen LogP contribution is -2.46. The Labute approximate surface area is 99.0 Å². The van der Waals surface area contributed by atoms with E-state index in [1.54, 1.807) is 0 Å². The third-order valence-electron chi connectivity index (χ3n) is 2.32. The summed E-state index contributed by atoms with van der Waals surface area (Å²) in [4.78, 5) is 32.6. The maximum absolute atomic E-state index is 11.4. The number of hydrogen-bond acceptors (Lipinski definition) is 5. The van der Waals surface area contributed by atoms with E-state index in [2.05, 4.69) is 5.32 Å². The third kappa shape index (κ3) is 4.92. The summed E-state index contributed by atoms with van der Waals surface area (Å²) in [6.45, 7) is 2.60. The molecule has 0 radical (unpaired) electrons. The lowest BCUT2D eigenvalue weighted by atomic mass is 9.87. The van der Waals surface area contributed by atoms with Crippen molar-refractivity contribution in [2.75, 3.05) is 13.2 Å². The quantitative estimate of drug-likeness (QED) is 0.383. The van der Waals surface area contributed by atoms with E-state index in [0.29, 0.717) is 0 Å². The standard InChI is InChI=1S/C10H18N2O5/c1-10(2,5-13)7(15)9(17)12-4-3-6(14)8(11)16/h7,13,15H,3-5H2,1-2H3,(H2,11,16)(H,12,17). The van der Waals surface area contributed by atoms with Gasteiger partial charge in [-0.3, -0.25) is 14.4 Å². The molecule has 0 bridgehead atoms. The van der Waals surface area contributed by atoms with E-state index in [1.807, 2.05) is 0 Å². The van der Waals surface area contributed by atoms with Gasteiger partial charge in [-0.15, -0.1) is 0 Å². The Hall–Kier alpha value is -1.47. The van der Waals surface area contributed by atoms with Gasteiger partial charge >= 0.3 is 0 Å². The zero-order valence-corrected chi connectivity index (χ0v) is 9.90. The summed E-state index contributed by atoms with van der Waals surface area (Å²) >= 11 is 0. The maximum Gasteiger partial charge on any atom is 0.284 e. The molecule has 5 N–H and O–H groups in total. The number of rotatable bonds is 7. The van der Waals surface area contributed by atoms with Gasteiger partial charge in [0, 0.05) is 18.4 Å². The molecule has 17 heavy (non-hydrogen) atoms. The maximum atomic E-state index is 11.4. The molecule has 0 aromatic rings. The average molecular weight is 246 g/mol. The summed E-state index contributed by atoms with van der Waals surface area (Å²) in [7, 11) is 0. The number of aliphatic hydroxyl groups is 2. The molecule has 0 rings (SSSR count). The molecule has 0 heterocycles. The number of Topliss-reactive ketones (excluding diaryl/α,β-unsaturated/α-hetero) is 1. The highest BCUT2D eigenvalue weighted by atomic mass is 16.3. The molecule has 0 saturated heterocycles. The first-order valence-corrected chi connectivity index (χ1v) is 5.11. The highest BCUT2D eigenvalue weighted by molar-refractivity contribution is 6.35. The summed E-state index contributed by atoms with van der Waals surface area (Å²) in [6, 6.07) is 0. The van der Waals surface area contributed by atoms with Crippen molar-refractivity contribution in [2.24, 2.45) is 11.1 Å². The molecular formula is C10H18N2O5. The van der Waals surface area contributed by atoms with E-state index in [0.717, 1.165) is 0 Å². The predicted molar refractivity (Wildman–Crippen MR) is 58.7 cm³/mol. The van der Waals surface area contributed by atoms with Gasteiger partial charge in [-0.1, -0.05) is 13.8 Å². The lowest BCUT2D eigenvalue weighted by Gasteiger charge is -2.27. The Morgan fingerprint density at radius 3 is 2.29 bits per heavy atom. The molecule has 1 atom stereocenters. The van der Waals surface area contributed by atoms with E-state index >= 15 is 0 Å². The first-order chi connectivity index (χ1) is 7.72. The van der Waals surface area contributed by atoms with E-state index in [9.17, 15) is 19.5 Å². The van der Waals surface area contributed by atoms with Gasteiger partial charge < -0.3 is 21.3 Å². The molecule has 98 valence electrons. The summed E-state index contributed by atoms with van der Waals surface area (Å²) in [5.41, 5.74) is 3.75. The van der Waals surface area contributed by atoms with Crippen LogP contribution >= 0.6 is 0 Å². The summed E-state index contributed by atoms with van der Waals surface area (Å²) in [5.74, 6) is -2.56. The van der Waals surface area contributed by atoms with Crippen LogP contribution in [0.15, 0.2) is 0 Å². The fraction of sp³-hybridized carbons (Fsp3) is 0.700. The Morgan fingerprint density at radius 2 is 1.88 bits per heavy atom. The van der Waals surface area contributed by atoms with Crippen LogP contribution in [0.5, 0.6) is 0 Å². The number of carbonyl (C=O) groups is 3. The molecule has 7 nitrogen and oxygen atoms in total. The topological polar surface area (TPSA) is 130 Å². The van der Waals surface area contributed by atoms with Crippen molar-refractivity contribution in [3.63, 3.8) is 0 Å². The first-order valence-electron chi connectivity index (χ1n) is 5.11. The van der Waals surface area contributed by atoms with Crippen molar-refractivity contribution >= 4 is 17.6 Å². The van der Waals surface area contributed by atoms with Gasteiger partial charge in [-0.05, 0) is 0 Å². The molecule has 2 amide bonds. The van der Waals surface area contributed by atoms with Crippen molar-refractivity contribution in [1.82, 2.24) is 5.32 Å². The van der Waals surface area contributed by atoms with E-state index in [1.165, 1.54) is 13.8 Å². The second-order valence-corrected chi connectivity index (χ2v) is 4.38. The minimum atomic E-state index is -1.39. The average Bonchev–Trinajstić information content (AvgIpc) is 2.27. The van der Waals surface area contributed by atoms with Crippen LogP contribution in [0.3, 0.4) is 0 Å². The van der Waals surface area contributed by atoms with Crippen LogP contribution < -0.4 is 11.1 Å². The number of amides is 2. The fourth-order valence-corrected chi connectivity index (χ4v) is 0.960. The number of primary amides is 1. The number of nitrogens with one attached hydrogen (secondary N) is 1. The summed E-state index contributed by atoms with van der Waals surface area (Å²) < 4.78 is 0. The molecule has 0 spiro atoms. The Morgan fingerprint density at radius 1 is 1.35 bits per heavy atom. The molecule has 0 aliphatic carbocycles. The van der Waals surface area contributed by atoms with Gasteiger partial charge in [0.25, 0.3) is 5.91 Å². The van der Waals surface area contributed by atoms with Gasteiger partial charge in [0.05, 0.1) is 6.61 Å². The van der Waals surface area contributed by atoms with Crippen LogP contribution in [0, 0.1) is 5.41 Å². The van der Waals surface area contributed by atoms with Gasteiger partial charge in [0.1, 0.15) is 6.10 Å². The van der Waals surface area contributed by atoms with Crippen LogP contribution in [0.2, 0.25) is 0 Å². The van der Waals surface area contributed by atoms with Gasteiger partial charge in [0.15, 0.2) is 0 Å². The van der Waals surface area contributed by atoms with Crippen LogP contribution in [-0.2, 0) is 14.4 Å². The van der Waals surface area contributed by atoms with Crippen molar-refractivity contribution < 1.29 is 24.6 Å². The summed E-state index contributed by atoms with van der Waals surface area (Å²) in [6.07, 6.45) is -1.61. The van der Waals surface area contributed by atoms with Crippen LogP contribution in [0.25, 0.3) is 0 Å². The zero-order chi connectivity index (χ0) is 13.6. The highest BCUT2D eigenvalue weighted by Gasteiger charge is 2.32. The van der Waals surface area contributed by atoms with Gasteiger partial charge in [-0.25, -0.2) is 0 Å². The monoisotopic (exact) mass is 246 g/mol. The Kier molecular flexibility index (Phi) is 5.77. The Balaban J connectivity index is 4.12. The van der Waals surface area contributed by atoms with Crippen molar-refractivity contribution in [1.29, 1.82) is 0 Å². The molecule has 1 unspecified atom stereocenters. The third-order valence-corrected chi connectivity index (χ3v) is 2.32. The van der Waals surface area contributed by atoms with Crippen molar-refractivity contribution in [3.8, 4) is 0 Å². The van der Waals surface area contributed by atoms with E-state index < -0.39 is 29.1 Å². The minimum absolute atomic E-state index is 0.0842. The molecule has 0 aliphatic heterocycles. The lowest BCUT2D eigenvalue weighted by molar-refractivity contribution is -0.138. The second-order valence-electron chi connectivity index (χ2n) is 4.38. The minimum Gasteiger partial charge on any atom is -0.396 e. The molecule has 0 aliphatic rings. The number of ketones is 1. The number of hydrogen-bond donors (Lipinski definition) is 4. The van der Waals surface area contributed by atoms with Crippen LogP contribution in [-0.4, -0.2) is 47.1 Å². The molecule has 0 fully saturated rings. The summed E-state index contributed by atoms with van der Waals surface area (Å²) in [5, 5.41) is 20.8. The predicted octanol–water partition coefficient (Wildman–Crippen LogP) is -2.07. The fourth-order valence-electron chi connectivity index (χ4n) is 0.960. The number of nitrogens with two attached hydrogens (primary N) is 1. The normalized spacial score (nSPS) is 12.9. The molecule has 0 aromatic heterocycles. The largest absolute Gasteiger partial charge is 0.396 e. The number of aliphatic hydroxyl groups excluding tert-OH is 2. The van der Waals surface area contributed by atoms with Crippen molar-refractivity contribution in [2.45, 2.75) is 26.4 Å². The Bertz CT molecular complexity index is 314.